The molecule has 1 heterocycles. The molecule has 1 saturated carbocycles. The van der Waals surface area contributed by atoms with Crippen LogP contribution in [0.5, 0.6) is 5.75 Å². The van der Waals surface area contributed by atoms with Gasteiger partial charge in [0.15, 0.2) is 5.96 Å². The van der Waals surface area contributed by atoms with E-state index in [2.05, 4.69) is 27.8 Å². The average Bonchev–Trinajstić information content (AvgIpc) is 3.29. The van der Waals surface area contributed by atoms with Gasteiger partial charge in [-0.25, -0.2) is 0 Å². The van der Waals surface area contributed by atoms with Crippen LogP contribution in [-0.4, -0.2) is 71.3 Å². The molecule has 0 aromatic heterocycles. The van der Waals surface area contributed by atoms with Crippen LogP contribution in [0.2, 0.25) is 0 Å². The lowest BCUT2D eigenvalue weighted by atomic mass is 9.74. The second-order valence-corrected chi connectivity index (χ2v) is 9.09. The summed E-state index contributed by atoms with van der Waals surface area (Å²) in [4.78, 5) is 19.0. The number of hydrogen-bond donors (Lipinski definition) is 2. The molecule has 2 fully saturated rings. The van der Waals surface area contributed by atoms with Crippen molar-refractivity contribution in [3.63, 3.8) is 0 Å². The Labute approximate surface area is 209 Å². The summed E-state index contributed by atoms with van der Waals surface area (Å²) in [7, 11) is 7.17. The Bertz CT molecular complexity index is 755. The van der Waals surface area contributed by atoms with E-state index in [0.717, 1.165) is 70.0 Å². The van der Waals surface area contributed by atoms with Crippen molar-refractivity contribution in [1.82, 2.24) is 15.5 Å². The number of methoxy groups -OCH3 is 1. The van der Waals surface area contributed by atoms with Crippen molar-refractivity contribution in [2.45, 2.75) is 43.9 Å². The minimum Gasteiger partial charge on any atom is -0.497 e. The van der Waals surface area contributed by atoms with Gasteiger partial charge in [0.1, 0.15) is 5.75 Å². The van der Waals surface area contributed by atoms with Crippen molar-refractivity contribution in [3.8, 4) is 5.75 Å². The number of amides is 1. The first kappa shape index (κ1) is 26.7. The molecule has 0 atom stereocenters. The zero-order chi connectivity index (χ0) is 22.3. The molecule has 2 N–H and O–H groups in total. The van der Waals surface area contributed by atoms with Gasteiger partial charge in [-0.15, -0.1) is 24.0 Å². The SMILES string of the molecule is CN=C(NCC1(C(=O)N(C)C)CCCC1)NCC1(c2ccc(OC)cc2)CCOCC1.I. The summed E-state index contributed by atoms with van der Waals surface area (Å²) < 4.78 is 11.0. The molecule has 0 radical (unpaired) electrons. The normalized spacial score (nSPS) is 19.6. The lowest BCUT2D eigenvalue weighted by Crippen LogP contribution is -2.52. The molecule has 1 aromatic rings. The van der Waals surface area contributed by atoms with E-state index in [4.69, 9.17) is 9.47 Å². The Morgan fingerprint density at radius 1 is 1.06 bits per heavy atom. The second-order valence-electron chi connectivity index (χ2n) is 9.09. The van der Waals surface area contributed by atoms with Crippen LogP contribution < -0.4 is 15.4 Å². The fourth-order valence-corrected chi connectivity index (χ4v) is 4.99. The summed E-state index contributed by atoms with van der Waals surface area (Å²) in [6.45, 7) is 2.87. The van der Waals surface area contributed by atoms with Gasteiger partial charge in [-0.1, -0.05) is 25.0 Å². The minimum atomic E-state index is -0.326. The first-order valence-electron chi connectivity index (χ1n) is 11.3. The van der Waals surface area contributed by atoms with E-state index in [1.54, 1.807) is 19.1 Å². The van der Waals surface area contributed by atoms with Gasteiger partial charge >= 0.3 is 0 Å². The van der Waals surface area contributed by atoms with Crippen LogP contribution in [0.1, 0.15) is 44.1 Å². The smallest absolute Gasteiger partial charge is 0.230 e. The molecule has 1 amide bonds. The van der Waals surface area contributed by atoms with E-state index in [1.165, 1.54) is 5.56 Å². The number of benzene rings is 1. The number of nitrogens with zero attached hydrogens (tertiary/aromatic N) is 2. The van der Waals surface area contributed by atoms with Crippen LogP contribution in [0.15, 0.2) is 29.3 Å². The quantitative estimate of drug-likeness (QED) is 0.306. The largest absolute Gasteiger partial charge is 0.497 e. The molecule has 1 aromatic carbocycles. The van der Waals surface area contributed by atoms with Crippen LogP contribution in [0.25, 0.3) is 0 Å². The van der Waals surface area contributed by atoms with E-state index in [-0.39, 0.29) is 40.7 Å². The highest BCUT2D eigenvalue weighted by molar-refractivity contribution is 14.0. The molecule has 1 saturated heterocycles. The highest BCUT2D eigenvalue weighted by atomic mass is 127. The van der Waals surface area contributed by atoms with Crippen LogP contribution in [-0.2, 0) is 14.9 Å². The summed E-state index contributed by atoms with van der Waals surface area (Å²) in [6.07, 6.45) is 5.97. The molecular weight excluding hydrogens is 519 g/mol. The summed E-state index contributed by atoms with van der Waals surface area (Å²) in [5.74, 6) is 1.83. The second kappa shape index (κ2) is 12.1. The number of carbonyl (C=O) groups excluding carboxylic acids is 1. The van der Waals surface area contributed by atoms with Crippen molar-refractivity contribution in [1.29, 1.82) is 0 Å². The van der Waals surface area contributed by atoms with Gasteiger partial charge in [-0.2, -0.15) is 0 Å². The summed E-state index contributed by atoms with van der Waals surface area (Å²) in [5.41, 5.74) is 0.940. The average molecular weight is 559 g/mol. The molecule has 7 nitrogen and oxygen atoms in total. The Balaban J connectivity index is 0.00000363. The Kier molecular flexibility index (Phi) is 10.1. The predicted octanol–water partition coefficient (Wildman–Crippen LogP) is 3.18. The van der Waals surface area contributed by atoms with Crippen LogP contribution in [0.4, 0.5) is 0 Å². The third-order valence-electron chi connectivity index (χ3n) is 6.98. The molecule has 3 rings (SSSR count). The number of hydrogen-bond acceptors (Lipinski definition) is 4. The van der Waals surface area contributed by atoms with E-state index < -0.39 is 0 Å². The van der Waals surface area contributed by atoms with Crippen molar-refractivity contribution < 1.29 is 14.3 Å². The maximum absolute atomic E-state index is 12.9. The van der Waals surface area contributed by atoms with Crippen LogP contribution in [0.3, 0.4) is 0 Å². The molecule has 180 valence electrons. The van der Waals surface area contributed by atoms with Crippen molar-refractivity contribution in [2.24, 2.45) is 10.4 Å². The van der Waals surface area contributed by atoms with E-state index in [0.29, 0.717) is 6.54 Å². The maximum Gasteiger partial charge on any atom is 0.230 e. The molecule has 0 spiro atoms. The van der Waals surface area contributed by atoms with E-state index in [1.807, 2.05) is 26.2 Å². The third kappa shape index (κ3) is 6.07. The number of aliphatic imine (C=N–C) groups is 1. The molecule has 2 aliphatic rings. The number of halogens is 1. The summed E-state index contributed by atoms with van der Waals surface area (Å²) in [6, 6.07) is 8.36. The van der Waals surface area contributed by atoms with E-state index >= 15 is 0 Å². The van der Waals surface area contributed by atoms with Crippen LogP contribution >= 0.6 is 24.0 Å². The number of nitrogens with one attached hydrogen (secondary N) is 2. The highest BCUT2D eigenvalue weighted by Crippen LogP contribution is 2.39. The zero-order valence-corrected chi connectivity index (χ0v) is 22.2. The third-order valence-corrected chi connectivity index (χ3v) is 6.98. The van der Waals surface area contributed by atoms with Crippen LogP contribution in [0, 0.1) is 5.41 Å². The Hall–Kier alpha value is -1.55. The summed E-state index contributed by atoms with van der Waals surface area (Å²) in [5, 5.41) is 7.00. The predicted molar refractivity (Wildman–Crippen MR) is 139 cm³/mol. The number of ether oxygens (including phenoxy) is 2. The Morgan fingerprint density at radius 2 is 1.66 bits per heavy atom. The molecule has 8 heteroatoms. The van der Waals surface area contributed by atoms with Crippen molar-refractivity contribution in [3.05, 3.63) is 29.8 Å². The first-order chi connectivity index (χ1) is 14.9. The van der Waals surface area contributed by atoms with Gasteiger partial charge < -0.3 is 25.0 Å². The van der Waals surface area contributed by atoms with Gasteiger partial charge in [0.05, 0.1) is 12.5 Å². The maximum atomic E-state index is 12.9. The molecule has 0 unspecified atom stereocenters. The molecule has 0 bridgehead atoms. The summed E-state index contributed by atoms with van der Waals surface area (Å²) >= 11 is 0. The van der Waals surface area contributed by atoms with E-state index in [9.17, 15) is 4.79 Å². The van der Waals surface area contributed by atoms with Gasteiger partial charge in [-0.3, -0.25) is 9.79 Å². The monoisotopic (exact) mass is 558 g/mol. The fraction of sp³-hybridized carbons (Fsp3) is 0.667. The molecule has 32 heavy (non-hydrogen) atoms. The first-order valence-corrected chi connectivity index (χ1v) is 11.3. The lowest BCUT2D eigenvalue weighted by Gasteiger charge is -2.38. The minimum absolute atomic E-state index is 0. The zero-order valence-electron chi connectivity index (χ0n) is 19.9. The van der Waals surface area contributed by atoms with Crippen molar-refractivity contribution >= 4 is 35.8 Å². The number of carbonyl (C=O) groups is 1. The molecular formula is C24H39IN4O3. The number of guanidine groups is 1. The van der Waals surface area contributed by atoms with Gasteiger partial charge in [0.2, 0.25) is 5.91 Å². The standard InChI is InChI=1S/C24H38N4O3.HI/c1-25-22(27-18-24(11-5-6-12-24)21(29)28(2)3)26-17-23(13-15-31-16-14-23)19-7-9-20(30-4)10-8-19;/h7-10H,5-6,11-18H2,1-4H3,(H2,25,26,27);1H. The highest BCUT2D eigenvalue weighted by Gasteiger charge is 2.42. The fourth-order valence-electron chi connectivity index (χ4n) is 4.99. The van der Waals surface area contributed by atoms with Gasteiger partial charge in [0, 0.05) is 52.9 Å². The lowest BCUT2D eigenvalue weighted by molar-refractivity contribution is -0.138. The molecule has 1 aliphatic heterocycles. The van der Waals surface area contributed by atoms with Crippen molar-refractivity contribution in [2.75, 3.05) is 54.6 Å². The topological polar surface area (TPSA) is 75.2 Å². The molecule has 1 aliphatic carbocycles. The number of rotatable bonds is 7. The Morgan fingerprint density at radius 3 is 2.19 bits per heavy atom. The van der Waals surface area contributed by atoms with Gasteiger partial charge in [-0.05, 0) is 43.4 Å². The van der Waals surface area contributed by atoms with Gasteiger partial charge in [0.25, 0.3) is 0 Å².